The fraction of sp³-hybridized carbons (Fsp3) is 1.00. The Morgan fingerprint density at radius 1 is 1.07 bits per heavy atom. The summed E-state index contributed by atoms with van der Waals surface area (Å²) < 4.78 is 0. The van der Waals surface area contributed by atoms with Crippen molar-refractivity contribution in [3.8, 4) is 0 Å². The van der Waals surface area contributed by atoms with Crippen molar-refractivity contribution >= 4 is 0 Å². The van der Waals surface area contributed by atoms with Gasteiger partial charge in [-0.2, -0.15) is 0 Å². The molecule has 0 saturated heterocycles. The lowest BCUT2D eigenvalue weighted by Crippen LogP contribution is -2.44. The van der Waals surface area contributed by atoms with Crippen LogP contribution in [0.5, 0.6) is 0 Å². The third-order valence-corrected chi connectivity index (χ3v) is 4.72. The summed E-state index contributed by atoms with van der Waals surface area (Å²) in [5.74, 6) is 1.05. The fourth-order valence-corrected chi connectivity index (χ4v) is 4.26. The molecule has 0 unspecified atom stereocenters. The van der Waals surface area contributed by atoms with E-state index in [1.54, 1.807) is 0 Å². The smallest absolute Gasteiger partial charge is 0.236 e. The highest BCUT2D eigenvalue weighted by Crippen LogP contribution is 2.63. The molecule has 0 aromatic carbocycles. The summed E-state index contributed by atoms with van der Waals surface area (Å²) in [7, 11) is 0. The minimum absolute atomic E-state index is 0.190. The van der Waals surface area contributed by atoms with Crippen molar-refractivity contribution in [2.75, 3.05) is 0 Å². The second-order valence-electron chi connectivity index (χ2n) is 5.06. The number of hydrogen-bond acceptors (Lipinski definition) is 4. The van der Waals surface area contributed by atoms with Crippen molar-refractivity contribution in [1.82, 2.24) is 0 Å². The average molecular weight is 200 g/mol. The zero-order valence-electron chi connectivity index (χ0n) is 8.06. The van der Waals surface area contributed by atoms with Crippen LogP contribution < -0.4 is 0 Å². The van der Waals surface area contributed by atoms with Gasteiger partial charge >= 0.3 is 0 Å². The highest BCUT2D eigenvalue weighted by Gasteiger charge is 2.63. The highest BCUT2D eigenvalue weighted by molar-refractivity contribution is 5.06. The fourth-order valence-electron chi connectivity index (χ4n) is 4.26. The van der Waals surface area contributed by atoms with Crippen LogP contribution in [0.1, 0.15) is 32.1 Å². The third-order valence-electron chi connectivity index (χ3n) is 4.72. The van der Waals surface area contributed by atoms with E-state index in [1.165, 1.54) is 19.3 Å². The lowest BCUT2D eigenvalue weighted by molar-refractivity contribution is -0.502. The van der Waals surface area contributed by atoms with E-state index < -0.39 is 5.79 Å². The van der Waals surface area contributed by atoms with Crippen LogP contribution in [0, 0.1) is 23.7 Å². The first kappa shape index (κ1) is 9.09. The molecule has 4 heteroatoms. The standard InChI is InChI=1S/C10H16O4/c11-13-10(14-12)5-6-4-9(10)8-3-1-2-7(6)8/h6-9,11-12H,1-5H2/t6-,7-,8+,9+/m1/s1. The second-order valence-corrected chi connectivity index (χ2v) is 5.06. The zero-order valence-corrected chi connectivity index (χ0v) is 8.06. The Morgan fingerprint density at radius 3 is 2.50 bits per heavy atom. The number of hydrogen-bond donors (Lipinski definition) is 2. The minimum atomic E-state index is -1.10. The number of rotatable bonds is 2. The van der Waals surface area contributed by atoms with Gasteiger partial charge in [0.15, 0.2) is 0 Å². The Hall–Kier alpha value is -0.160. The van der Waals surface area contributed by atoms with Crippen molar-refractivity contribution in [1.29, 1.82) is 0 Å². The molecule has 0 amide bonds. The molecule has 80 valence electrons. The van der Waals surface area contributed by atoms with Gasteiger partial charge < -0.3 is 0 Å². The summed E-state index contributed by atoms with van der Waals surface area (Å²) in [6.45, 7) is 0. The molecule has 4 atom stereocenters. The van der Waals surface area contributed by atoms with Crippen LogP contribution in [0.25, 0.3) is 0 Å². The molecular weight excluding hydrogens is 184 g/mol. The molecule has 3 fully saturated rings. The largest absolute Gasteiger partial charge is 0.249 e. The predicted octanol–water partition coefficient (Wildman–Crippen LogP) is 2.12. The highest BCUT2D eigenvalue weighted by atomic mass is 17.2. The Kier molecular flexibility index (Phi) is 1.89. The molecule has 3 aliphatic rings. The van der Waals surface area contributed by atoms with Crippen molar-refractivity contribution in [3.05, 3.63) is 0 Å². The summed E-state index contributed by atoms with van der Waals surface area (Å²) in [6.07, 6.45) is 5.45. The van der Waals surface area contributed by atoms with E-state index in [-0.39, 0.29) is 5.92 Å². The lowest BCUT2D eigenvalue weighted by Gasteiger charge is -2.37. The first-order valence-corrected chi connectivity index (χ1v) is 5.46. The van der Waals surface area contributed by atoms with Gasteiger partial charge in [-0.25, -0.2) is 20.3 Å². The maximum absolute atomic E-state index is 8.87. The Bertz CT molecular complexity index is 238. The molecule has 3 saturated carbocycles. The number of fused-ring (bicyclic) bond motifs is 5. The zero-order chi connectivity index (χ0) is 9.76. The third kappa shape index (κ3) is 0.922. The van der Waals surface area contributed by atoms with E-state index in [0.29, 0.717) is 18.3 Å². The van der Waals surface area contributed by atoms with Gasteiger partial charge in [0.25, 0.3) is 0 Å². The van der Waals surface area contributed by atoms with E-state index in [4.69, 9.17) is 10.5 Å². The summed E-state index contributed by atoms with van der Waals surface area (Å²) in [5, 5.41) is 17.7. The maximum atomic E-state index is 8.87. The lowest BCUT2D eigenvalue weighted by atomic mass is 9.78. The van der Waals surface area contributed by atoms with Crippen molar-refractivity contribution in [3.63, 3.8) is 0 Å². The molecule has 2 N–H and O–H groups in total. The molecule has 0 spiro atoms. The average Bonchev–Trinajstić information content (AvgIpc) is 2.88. The van der Waals surface area contributed by atoms with Gasteiger partial charge in [-0.3, -0.25) is 0 Å². The monoisotopic (exact) mass is 200 g/mol. The Balaban J connectivity index is 1.89. The summed E-state index contributed by atoms with van der Waals surface area (Å²) >= 11 is 0. The van der Waals surface area contributed by atoms with Crippen molar-refractivity contribution in [2.24, 2.45) is 23.7 Å². The molecular formula is C10H16O4. The maximum Gasteiger partial charge on any atom is 0.236 e. The second kappa shape index (κ2) is 2.92. The van der Waals surface area contributed by atoms with E-state index >= 15 is 0 Å². The summed E-state index contributed by atoms with van der Waals surface area (Å²) in [5.41, 5.74) is 0. The van der Waals surface area contributed by atoms with E-state index in [2.05, 4.69) is 9.78 Å². The topological polar surface area (TPSA) is 58.9 Å². The van der Waals surface area contributed by atoms with Gasteiger partial charge in [-0.15, -0.1) is 0 Å². The van der Waals surface area contributed by atoms with Crippen molar-refractivity contribution < 1.29 is 20.3 Å². The summed E-state index contributed by atoms with van der Waals surface area (Å²) in [4.78, 5) is 8.84. The summed E-state index contributed by atoms with van der Waals surface area (Å²) in [6, 6.07) is 0. The minimum Gasteiger partial charge on any atom is -0.249 e. The van der Waals surface area contributed by atoms with E-state index in [0.717, 1.165) is 12.3 Å². The molecule has 0 aromatic rings. The molecule has 4 nitrogen and oxygen atoms in total. The molecule has 3 rings (SSSR count). The van der Waals surface area contributed by atoms with Gasteiger partial charge in [0.1, 0.15) is 0 Å². The van der Waals surface area contributed by atoms with Crippen LogP contribution in [-0.2, 0) is 9.78 Å². The molecule has 0 heterocycles. The van der Waals surface area contributed by atoms with Crippen LogP contribution in [0.15, 0.2) is 0 Å². The van der Waals surface area contributed by atoms with E-state index in [1.807, 2.05) is 0 Å². The molecule has 14 heavy (non-hydrogen) atoms. The molecule has 2 bridgehead atoms. The molecule has 0 aromatic heterocycles. The molecule has 0 aliphatic heterocycles. The van der Waals surface area contributed by atoms with Gasteiger partial charge in [-0.1, -0.05) is 6.42 Å². The van der Waals surface area contributed by atoms with Gasteiger partial charge in [-0.05, 0) is 37.0 Å². The predicted molar refractivity (Wildman–Crippen MR) is 47.2 cm³/mol. The normalized spacial score (nSPS) is 48.4. The van der Waals surface area contributed by atoms with Crippen molar-refractivity contribution in [2.45, 2.75) is 37.9 Å². The Morgan fingerprint density at radius 2 is 1.79 bits per heavy atom. The van der Waals surface area contributed by atoms with Gasteiger partial charge in [0.2, 0.25) is 5.79 Å². The van der Waals surface area contributed by atoms with Gasteiger partial charge in [0, 0.05) is 12.3 Å². The van der Waals surface area contributed by atoms with Crippen LogP contribution in [-0.4, -0.2) is 16.3 Å². The van der Waals surface area contributed by atoms with Crippen LogP contribution >= 0.6 is 0 Å². The SMILES string of the molecule is OOC1(OO)C[C@H]2C[C@H]1[C@H]1CCC[C@H]21. The van der Waals surface area contributed by atoms with Crippen LogP contribution in [0.3, 0.4) is 0 Å². The molecule has 0 radical (unpaired) electrons. The van der Waals surface area contributed by atoms with Gasteiger partial charge in [0.05, 0.1) is 0 Å². The Labute approximate surface area is 82.7 Å². The van der Waals surface area contributed by atoms with Crippen LogP contribution in [0.2, 0.25) is 0 Å². The first-order valence-electron chi connectivity index (χ1n) is 5.46. The van der Waals surface area contributed by atoms with Crippen LogP contribution in [0.4, 0.5) is 0 Å². The molecule has 3 aliphatic carbocycles. The van der Waals surface area contributed by atoms with E-state index in [9.17, 15) is 0 Å². The first-order chi connectivity index (χ1) is 6.80. The quantitative estimate of drug-likeness (QED) is 0.407.